The Labute approximate surface area is 59.4 Å². The number of epoxide rings is 1. The van der Waals surface area contributed by atoms with Crippen LogP contribution in [0, 0.1) is 0 Å². The molecule has 1 heterocycles. The molecule has 0 bridgehead atoms. The van der Waals surface area contributed by atoms with Crippen molar-refractivity contribution < 1.29 is 9.47 Å². The number of hydrogen-bond donors (Lipinski definition) is 0. The molecule has 9 heavy (non-hydrogen) atoms. The Hall–Kier alpha value is -0.0500. The molecule has 0 saturated carbocycles. The van der Waals surface area contributed by atoms with Crippen LogP contribution in [0.4, 0.5) is 0 Å². The summed E-state index contributed by atoms with van der Waals surface area (Å²) in [6, 6.07) is 0. The SMILES string of the molecule is ClC=CCOCC1CO1. The minimum absolute atomic E-state index is 0.355. The zero-order valence-electron chi connectivity index (χ0n) is 5.05. The monoisotopic (exact) mass is 148 g/mol. The maximum atomic E-state index is 5.24. The van der Waals surface area contributed by atoms with Gasteiger partial charge in [-0.1, -0.05) is 11.6 Å². The molecular formula is C6H9ClO2. The minimum atomic E-state index is 0.355. The fourth-order valence-electron chi connectivity index (χ4n) is 0.468. The van der Waals surface area contributed by atoms with Gasteiger partial charge in [-0.05, 0) is 6.08 Å². The van der Waals surface area contributed by atoms with Gasteiger partial charge in [-0.25, -0.2) is 0 Å². The Morgan fingerprint density at radius 3 is 3.11 bits per heavy atom. The molecule has 1 fully saturated rings. The molecule has 1 aliphatic heterocycles. The van der Waals surface area contributed by atoms with Crippen molar-refractivity contribution in [3.63, 3.8) is 0 Å². The zero-order chi connectivity index (χ0) is 6.53. The van der Waals surface area contributed by atoms with Crippen LogP contribution in [0.1, 0.15) is 0 Å². The van der Waals surface area contributed by atoms with E-state index in [1.165, 1.54) is 5.54 Å². The van der Waals surface area contributed by atoms with Crippen LogP contribution in [0.15, 0.2) is 11.6 Å². The van der Waals surface area contributed by atoms with Crippen molar-refractivity contribution in [2.24, 2.45) is 0 Å². The first-order valence-corrected chi connectivity index (χ1v) is 3.31. The molecule has 0 aromatic rings. The summed E-state index contributed by atoms with van der Waals surface area (Å²) in [6.45, 7) is 2.13. The van der Waals surface area contributed by atoms with E-state index in [2.05, 4.69) is 0 Å². The number of halogens is 1. The van der Waals surface area contributed by atoms with Gasteiger partial charge < -0.3 is 9.47 Å². The van der Waals surface area contributed by atoms with Gasteiger partial charge in [0.1, 0.15) is 6.10 Å². The van der Waals surface area contributed by atoms with E-state index >= 15 is 0 Å². The van der Waals surface area contributed by atoms with Gasteiger partial charge in [0.25, 0.3) is 0 Å². The summed E-state index contributed by atoms with van der Waals surface area (Å²) >= 11 is 5.24. The second kappa shape index (κ2) is 3.88. The maximum Gasteiger partial charge on any atom is 0.104 e. The summed E-state index contributed by atoms with van der Waals surface area (Å²) in [4.78, 5) is 0. The van der Waals surface area contributed by atoms with E-state index in [0.717, 1.165) is 6.61 Å². The van der Waals surface area contributed by atoms with Gasteiger partial charge in [-0.15, -0.1) is 0 Å². The fraction of sp³-hybridized carbons (Fsp3) is 0.667. The second-order valence-electron chi connectivity index (χ2n) is 1.85. The predicted molar refractivity (Wildman–Crippen MR) is 35.6 cm³/mol. The third-order valence-electron chi connectivity index (χ3n) is 1.01. The van der Waals surface area contributed by atoms with Gasteiger partial charge in [-0.2, -0.15) is 0 Å². The lowest BCUT2D eigenvalue weighted by atomic mass is 10.5. The molecule has 0 aromatic heterocycles. The summed E-state index contributed by atoms with van der Waals surface area (Å²) in [5.41, 5.74) is 1.45. The molecule has 3 heteroatoms. The molecule has 1 unspecified atom stereocenters. The van der Waals surface area contributed by atoms with E-state index in [9.17, 15) is 0 Å². The normalized spacial score (nSPS) is 25.2. The zero-order valence-corrected chi connectivity index (χ0v) is 5.80. The molecule has 1 atom stereocenters. The van der Waals surface area contributed by atoms with Crippen LogP contribution in [-0.2, 0) is 9.47 Å². The molecule has 52 valence electrons. The Kier molecular flexibility index (Phi) is 3.04. The molecule has 1 rings (SSSR count). The highest BCUT2D eigenvalue weighted by Crippen LogP contribution is 2.07. The topological polar surface area (TPSA) is 21.8 Å². The van der Waals surface area contributed by atoms with E-state index in [1.807, 2.05) is 0 Å². The number of rotatable bonds is 4. The molecule has 1 aliphatic rings. The van der Waals surface area contributed by atoms with Crippen LogP contribution >= 0.6 is 11.6 Å². The van der Waals surface area contributed by atoms with Crippen LogP contribution in [0.2, 0.25) is 0 Å². The standard InChI is InChI=1S/C6H9ClO2/c7-2-1-3-8-4-6-5-9-6/h1-2,6H,3-5H2. The van der Waals surface area contributed by atoms with Crippen LogP contribution in [0.3, 0.4) is 0 Å². The van der Waals surface area contributed by atoms with Gasteiger partial charge in [0.05, 0.1) is 19.8 Å². The van der Waals surface area contributed by atoms with Crippen molar-refractivity contribution in [1.82, 2.24) is 0 Å². The molecule has 0 aliphatic carbocycles. The van der Waals surface area contributed by atoms with Crippen molar-refractivity contribution in [3.05, 3.63) is 11.6 Å². The summed E-state index contributed by atoms with van der Waals surface area (Å²) < 4.78 is 10.0. The maximum absolute atomic E-state index is 5.24. The highest BCUT2D eigenvalue weighted by molar-refractivity contribution is 6.25. The van der Waals surface area contributed by atoms with Crippen LogP contribution in [0.5, 0.6) is 0 Å². The fourth-order valence-corrected chi connectivity index (χ4v) is 0.541. The van der Waals surface area contributed by atoms with Crippen LogP contribution < -0.4 is 0 Å². The van der Waals surface area contributed by atoms with Crippen LogP contribution in [-0.4, -0.2) is 25.9 Å². The van der Waals surface area contributed by atoms with Crippen molar-refractivity contribution in [2.75, 3.05) is 19.8 Å². The first kappa shape index (κ1) is 7.06. The van der Waals surface area contributed by atoms with Crippen molar-refractivity contribution >= 4 is 11.6 Å². The molecule has 0 N–H and O–H groups in total. The number of hydrogen-bond acceptors (Lipinski definition) is 2. The quantitative estimate of drug-likeness (QED) is 0.441. The lowest BCUT2D eigenvalue weighted by Gasteiger charge is -1.93. The minimum Gasteiger partial charge on any atom is -0.375 e. The average molecular weight is 149 g/mol. The van der Waals surface area contributed by atoms with Crippen molar-refractivity contribution in [2.45, 2.75) is 6.10 Å². The van der Waals surface area contributed by atoms with E-state index in [-0.39, 0.29) is 0 Å². The Balaban J connectivity index is 1.81. The Morgan fingerprint density at radius 1 is 1.78 bits per heavy atom. The smallest absolute Gasteiger partial charge is 0.104 e. The second-order valence-corrected chi connectivity index (χ2v) is 2.11. The first-order chi connectivity index (χ1) is 4.43. The highest BCUT2D eigenvalue weighted by atomic mass is 35.5. The van der Waals surface area contributed by atoms with Gasteiger partial charge >= 0.3 is 0 Å². The lowest BCUT2D eigenvalue weighted by molar-refractivity contribution is 0.141. The van der Waals surface area contributed by atoms with E-state index < -0.39 is 0 Å². The van der Waals surface area contributed by atoms with Crippen molar-refractivity contribution in [1.29, 1.82) is 0 Å². The van der Waals surface area contributed by atoms with Crippen LogP contribution in [0.25, 0.3) is 0 Å². The molecule has 2 nitrogen and oxygen atoms in total. The molecule has 0 radical (unpaired) electrons. The summed E-state index contributed by atoms with van der Waals surface area (Å²) in [5, 5.41) is 0. The third-order valence-corrected chi connectivity index (χ3v) is 1.19. The largest absolute Gasteiger partial charge is 0.375 e. The predicted octanol–water partition coefficient (Wildman–Crippen LogP) is 1.15. The molecule has 1 saturated heterocycles. The van der Waals surface area contributed by atoms with Gasteiger partial charge in [0.15, 0.2) is 0 Å². The van der Waals surface area contributed by atoms with Gasteiger partial charge in [0.2, 0.25) is 0 Å². The summed E-state index contributed by atoms with van der Waals surface area (Å²) in [5.74, 6) is 0. The van der Waals surface area contributed by atoms with Gasteiger partial charge in [0, 0.05) is 5.54 Å². The average Bonchev–Trinajstić information content (AvgIpc) is 2.63. The number of ether oxygens (including phenoxy) is 2. The summed E-state index contributed by atoms with van der Waals surface area (Å²) in [6.07, 6.45) is 2.11. The Bertz CT molecular complexity index is 99.2. The highest BCUT2D eigenvalue weighted by Gasteiger charge is 2.21. The van der Waals surface area contributed by atoms with E-state index in [1.54, 1.807) is 6.08 Å². The molecular weight excluding hydrogens is 140 g/mol. The summed E-state index contributed by atoms with van der Waals surface area (Å²) in [7, 11) is 0. The van der Waals surface area contributed by atoms with E-state index in [4.69, 9.17) is 21.1 Å². The molecule has 0 aromatic carbocycles. The van der Waals surface area contributed by atoms with Crippen molar-refractivity contribution in [3.8, 4) is 0 Å². The van der Waals surface area contributed by atoms with E-state index in [0.29, 0.717) is 19.3 Å². The molecule has 0 spiro atoms. The lowest BCUT2D eigenvalue weighted by Crippen LogP contribution is -2.00. The molecule has 0 amide bonds. The first-order valence-electron chi connectivity index (χ1n) is 2.88. The Morgan fingerprint density at radius 2 is 2.56 bits per heavy atom. The van der Waals surface area contributed by atoms with Gasteiger partial charge in [-0.3, -0.25) is 0 Å². The third kappa shape index (κ3) is 3.51.